The Bertz CT molecular complexity index is 1590. The molecule has 4 heterocycles. The summed E-state index contributed by atoms with van der Waals surface area (Å²) in [4.78, 5) is 0. The van der Waals surface area contributed by atoms with E-state index in [2.05, 4.69) is 40.8 Å². The minimum atomic E-state index is 0.592. The molecule has 0 atom stereocenters. The van der Waals surface area contributed by atoms with Gasteiger partial charge in [0.15, 0.2) is 0 Å². The molecule has 0 saturated heterocycles. The van der Waals surface area contributed by atoms with Crippen molar-refractivity contribution < 1.29 is 0 Å². The molecule has 0 saturated carbocycles. The molecule has 0 N–H and O–H groups in total. The molecule has 1 aliphatic rings. The van der Waals surface area contributed by atoms with E-state index < -0.39 is 0 Å². The first-order valence-electron chi connectivity index (χ1n) is 7.30. The predicted molar refractivity (Wildman–Crippen MR) is 114 cm³/mol. The Balaban J connectivity index is 1.70. The van der Waals surface area contributed by atoms with Gasteiger partial charge in [0.2, 0.25) is 0 Å². The van der Waals surface area contributed by atoms with Gasteiger partial charge in [0.25, 0.3) is 0 Å². The first-order valence-corrected chi connectivity index (χ1v) is 15.2. The van der Waals surface area contributed by atoms with E-state index >= 15 is 0 Å². The van der Waals surface area contributed by atoms with Crippen LogP contribution in [0.15, 0.2) is 18.2 Å². The first-order chi connectivity index (χ1) is 11.3. The Morgan fingerprint density at radius 2 is 1.30 bits per heavy atom. The van der Waals surface area contributed by atoms with Crippen molar-refractivity contribution in [3.05, 3.63) is 21.8 Å². The zero-order valence-electron chi connectivity index (χ0n) is 11.2. The van der Waals surface area contributed by atoms with Gasteiger partial charge < -0.3 is 0 Å². The second-order valence-electron chi connectivity index (χ2n) is 6.27. The Hall–Kier alpha value is 0.468. The van der Waals surface area contributed by atoms with Gasteiger partial charge in [-0.15, -0.1) is 0 Å². The van der Waals surface area contributed by atoms with Crippen molar-refractivity contribution in [1.29, 1.82) is 0 Å². The molecule has 3 aromatic heterocycles. The number of hydrogen-bond acceptors (Lipinski definition) is 0. The van der Waals surface area contributed by atoms with Crippen LogP contribution in [0.25, 0.3) is 57.9 Å². The molecular weight excluding hydrogens is 659 g/mol. The fourth-order valence-corrected chi connectivity index (χ4v) is 15.9. The molecule has 5 heteroatoms. The molecule has 0 unspecified atom stereocenters. The summed E-state index contributed by atoms with van der Waals surface area (Å²) in [6.45, 7) is 0. The normalized spacial score (nSPS) is 15.0. The van der Waals surface area contributed by atoms with E-state index in [0.717, 1.165) is 29.0 Å². The molecule has 0 bridgehead atoms. The Morgan fingerprint density at radius 1 is 0.609 bits per heavy atom. The summed E-state index contributed by atoms with van der Waals surface area (Å²) in [6, 6.07) is 7.50. The Morgan fingerprint density at radius 3 is 2.26 bits per heavy atom. The monoisotopic (exact) mass is 666 g/mol. The van der Waals surface area contributed by atoms with Gasteiger partial charge in [-0.2, -0.15) is 0 Å². The van der Waals surface area contributed by atoms with Crippen LogP contribution < -0.4 is 8.92 Å². The van der Waals surface area contributed by atoms with E-state index in [0.29, 0.717) is 29.5 Å². The van der Waals surface area contributed by atoms with Crippen LogP contribution in [0, 0.1) is 3.57 Å². The molecule has 7 aromatic rings. The molecule has 1 aliphatic heterocycles. The van der Waals surface area contributed by atoms with Crippen molar-refractivity contribution in [2.75, 3.05) is 0 Å². The van der Waals surface area contributed by atoms with Crippen LogP contribution in [0.3, 0.4) is 0 Å². The van der Waals surface area contributed by atoms with Crippen molar-refractivity contribution in [2.45, 2.75) is 0 Å². The fourth-order valence-electron chi connectivity index (χ4n) is 3.93. The molecular formula is C18H3ISe4. The van der Waals surface area contributed by atoms with Crippen LogP contribution in [0.1, 0.15) is 0 Å². The average molecular weight is 662 g/mol. The van der Waals surface area contributed by atoms with Crippen LogP contribution in [-0.4, -0.2) is 58.5 Å². The van der Waals surface area contributed by atoms with Crippen molar-refractivity contribution in [1.82, 2.24) is 0 Å². The summed E-state index contributed by atoms with van der Waals surface area (Å²) in [7, 11) is 0. The fraction of sp³-hybridized carbons (Fsp3) is 0. The van der Waals surface area contributed by atoms with Crippen molar-refractivity contribution in [2.24, 2.45) is 0 Å². The van der Waals surface area contributed by atoms with Gasteiger partial charge in [-0.25, -0.2) is 0 Å². The Kier molecular flexibility index (Phi) is 2.09. The third-order valence-corrected chi connectivity index (χ3v) is 16.5. The Labute approximate surface area is 167 Å². The second-order valence-corrected chi connectivity index (χ2v) is 16.0. The van der Waals surface area contributed by atoms with Crippen LogP contribution in [0.4, 0.5) is 0 Å². The van der Waals surface area contributed by atoms with Gasteiger partial charge >= 0.3 is 170 Å². The maximum atomic E-state index is 2.55. The first kappa shape index (κ1) is 12.8. The molecule has 23 heavy (non-hydrogen) atoms. The molecule has 0 spiro atoms. The quantitative estimate of drug-likeness (QED) is 0.133. The second kappa shape index (κ2) is 3.76. The summed E-state index contributed by atoms with van der Waals surface area (Å²) < 4.78 is 15.6. The molecule has 0 radical (unpaired) electrons. The molecule has 4 aromatic carbocycles. The van der Waals surface area contributed by atoms with E-state index in [-0.39, 0.29) is 0 Å². The number of halogens is 1. The van der Waals surface area contributed by atoms with Crippen LogP contribution in [0.2, 0.25) is 0 Å². The average Bonchev–Trinajstić information content (AvgIpc) is 3.36. The van der Waals surface area contributed by atoms with E-state index in [4.69, 9.17) is 0 Å². The standard InChI is InChI=1S/C18H3ISe4/c19-7-3-5-1-4-2-6-10(16-18(23-16)17-11(6)20-17)14-8(4)13(22-14)9(5)15-12(7)21-15/h1-3H. The molecule has 0 fully saturated rings. The van der Waals surface area contributed by atoms with E-state index in [1.165, 1.54) is 14.3 Å². The predicted octanol–water partition coefficient (Wildman–Crippen LogP) is 2.66. The summed E-state index contributed by atoms with van der Waals surface area (Å²) in [5, 5.41) is 9.76. The van der Waals surface area contributed by atoms with Gasteiger partial charge in [0, 0.05) is 0 Å². The molecule has 0 aliphatic carbocycles. The molecule has 0 amide bonds. The minimum absolute atomic E-state index is 0.592. The zero-order chi connectivity index (χ0) is 14.6. The van der Waals surface area contributed by atoms with Crippen LogP contribution in [0.5, 0.6) is 0 Å². The van der Waals surface area contributed by atoms with Crippen molar-refractivity contribution in [3.63, 3.8) is 0 Å². The third-order valence-electron chi connectivity index (χ3n) is 5.08. The van der Waals surface area contributed by atoms with Gasteiger partial charge in [-0.05, 0) is 0 Å². The van der Waals surface area contributed by atoms with Crippen molar-refractivity contribution in [3.8, 4) is 0 Å². The summed E-state index contributed by atoms with van der Waals surface area (Å²) in [6.07, 6.45) is 0. The van der Waals surface area contributed by atoms with E-state index in [1.807, 2.05) is 4.26 Å². The van der Waals surface area contributed by atoms with Crippen LogP contribution >= 0.6 is 22.6 Å². The topological polar surface area (TPSA) is 0 Å². The third kappa shape index (κ3) is 1.38. The van der Waals surface area contributed by atoms with Gasteiger partial charge in [0.05, 0.1) is 0 Å². The summed E-state index contributed by atoms with van der Waals surface area (Å²) >= 11 is 5.27. The van der Waals surface area contributed by atoms with Gasteiger partial charge in [0.1, 0.15) is 0 Å². The molecule has 106 valence electrons. The van der Waals surface area contributed by atoms with Gasteiger partial charge in [-0.3, -0.25) is 0 Å². The number of rotatable bonds is 0. The number of benzene rings is 4. The SMILES string of the molecule is Ic1cc2cc3cc4c5[se]c5c5[se]c5c4c4c3c(c2c2[se]c12)[Se]4. The van der Waals surface area contributed by atoms with Crippen LogP contribution in [-0.2, 0) is 0 Å². The zero-order valence-corrected chi connectivity index (χ0v) is 20.3. The van der Waals surface area contributed by atoms with Gasteiger partial charge in [-0.1, -0.05) is 0 Å². The van der Waals surface area contributed by atoms with E-state index in [9.17, 15) is 0 Å². The molecule has 8 rings (SSSR count). The van der Waals surface area contributed by atoms with E-state index in [1.54, 1.807) is 51.8 Å². The maximum absolute atomic E-state index is 2.55. The summed E-state index contributed by atoms with van der Waals surface area (Å²) in [5.41, 5.74) is 0. The van der Waals surface area contributed by atoms with Crippen molar-refractivity contribution >= 4 is 148 Å². The number of fused-ring (bicyclic) bond motifs is 11. The molecule has 0 nitrogen and oxygen atoms in total. The number of hydrogen-bond donors (Lipinski definition) is 0. The summed E-state index contributed by atoms with van der Waals surface area (Å²) in [5.74, 6) is 0.